The second-order valence-electron chi connectivity index (χ2n) is 6.81. The molecule has 0 fully saturated rings. The molecule has 2 aliphatic rings. The molecule has 1 aliphatic heterocycles. The molecule has 3 aromatic rings. The SMILES string of the molecule is O=C1N=C2C=CC(=P(c3ccccc3)(c3ccccc3)c3ccccc3)C=C2S1. The second-order valence-corrected chi connectivity index (χ2v) is 11.2. The van der Waals surface area contributed by atoms with Gasteiger partial charge in [0.25, 0.3) is 0 Å². The zero-order valence-corrected chi connectivity index (χ0v) is 17.3. The van der Waals surface area contributed by atoms with E-state index in [1.54, 1.807) is 0 Å². The molecule has 3 aromatic carbocycles. The van der Waals surface area contributed by atoms with Crippen LogP contribution in [-0.4, -0.2) is 16.2 Å². The van der Waals surface area contributed by atoms with Gasteiger partial charge in [-0.15, -0.1) is 0 Å². The number of allylic oxidation sites excluding steroid dienone is 4. The van der Waals surface area contributed by atoms with Gasteiger partial charge < -0.3 is 0 Å². The molecule has 1 amide bonds. The van der Waals surface area contributed by atoms with Crippen LogP contribution in [0.5, 0.6) is 0 Å². The number of benzene rings is 3. The number of carbonyl (C=O) groups is 1. The average molecular weight is 411 g/mol. The summed E-state index contributed by atoms with van der Waals surface area (Å²) in [5, 5.41) is 4.98. The zero-order valence-electron chi connectivity index (χ0n) is 15.6. The van der Waals surface area contributed by atoms with E-state index in [0.717, 1.165) is 10.6 Å². The molecular weight excluding hydrogens is 393 g/mol. The lowest BCUT2D eigenvalue weighted by Crippen LogP contribution is -2.30. The minimum Gasteiger partial charge on any atom is -0.259 e. The molecule has 0 unspecified atom stereocenters. The number of rotatable bonds is 3. The Morgan fingerprint density at radius 2 is 1.14 bits per heavy atom. The Morgan fingerprint density at radius 1 is 0.655 bits per heavy atom. The highest BCUT2D eigenvalue weighted by atomic mass is 32.2. The Kier molecular flexibility index (Phi) is 4.71. The number of aliphatic imine (C=N–C) groups is 1. The molecule has 5 rings (SSSR count). The van der Waals surface area contributed by atoms with E-state index < -0.39 is 6.89 Å². The molecule has 0 bridgehead atoms. The molecule has 0 saturated heterocycles. The van der Waals surface area contributed by atoms with Crippen LogP contribution >= 0.6 is 18.6 Å². The molecule has 0 N–H and O–H groups in total. The van der Waals surface area contributed by atoms with Crippen molar-refractivity contribution in [3.05, 3.63) is 114 Å². The highest BCUT2D eigenvalue weighted by molar-refractivity contribution is 8.18. The van der Waals surface area contributed by atoms with Gasteiger partial charge in [0.2, 0.25) is 0 Å². The van der Waals surface area contributed by atoms with E-state index in [4.69, 9.17) is 0 Å². The number of fused-ring (bicyclic) bond motifs is 1. The fourth-order valence-corrected chi connectivity index (χ4v) is 9.04. The fraction of sp³-hybridized carbons (Fsp3) is 0. The van der Waals surface area contributed by atoms with E-state index in [1.807, 2.05) is 6.08 Å². The lowest BCUT2D eigenvalue weighted by molar-refractivity contribution is 0.268. The molecule has 0 radical (unpaired) electrons. The van der Waals surface area contributed by atoms with Gasteiger partial charge in [-0.2, -0.15) is 0 Å². The van der Waals surface area contributed by atoms with E-state index >= 15 is 0 Å². The van der Waals surface area contributed by atoms with Gasteiger partial charge in [-0.05, 0) is 52.0 Å². The molecule has 2 nitrogen and oxygen atoms in total. The molecule has 0 saturated carbocycles. The first kappa shape index (κ1) is 18.2. The summed E-state index contributed by atoms with van der Waals surface area (Å²) in [4.78, 5) is 17.0. The van der Waals surface area contributed by atoms with Crippen LogP contribution in [0.4, 0.5) is 4.79 Å². The van der Waals surface area contributed by atoms with Gasteiger partial charge in [0.15, 0.2) is 0 Å². The minimum atomic E-state index is -2.12. The highest BCUT2D eigenvalue weighted by Crippen LogP contribution is 2.48. The Morgan fingerprint density at radius 3 is 1.62 bits per heavy atom. The van der Waals surface area contributed by atoms with Crippen molar-refractivity contribution in [2.75, 3.05) is 0 Å². The summed E-state index contributed by atoms with van der Waals surface area (Å²) in [5.74, 6) is 0. The van der Waals surface area contributed by atoms with E-state index in [1.165, 1.54) is 33.0 Å². The summed E-state index contributed by atoms with van der Waals surface area (Å²) in [5.41, 5.74) is 0.774. The van der Waals surface area contributed by atoms with Crippen LogP contribution in [0.25, 0.3) is 0 Å². The maximum Gasteiger partial charge on any atom is 0.310 e. The first-order valence-electron chi connectivity index (χ1n) is 9.42. The lowest BCUT2D eigenvalue weighted by atomic mass is 10.2. The van der Waals surface area contributed by atoms with Crippen LogP contribution in [0.15, 0.2) is 119 Å². The third-order valence-electron chi connectivity index (χ3n) is 5.17. The fourth-order valence-electron chi connectivity index (χ4n) is 3.95. The molecule has 140 valence electrons. The molecule has 0 aromatic heterocycles. The molecule has 0 spiro atoms. The monoisotopic (exact) mass is 411 g/mol. The zero-order chi connectivity index (χ0) is 19.7. The van der Waals surface area contributed by atoms with Gasteiger partial charge >= 0.3 is 5.24 Å². The number of amides is 1. The number of hydrogen-bond donors (Lipinski definition) is 0. The predicted molar refractivity (Wildman–Crippen MR) is 128 cm³/mol. The summed E-state index contributed by atoms with van der Waals surface area (Å²) < 4.78 is 0. The third-order valence-corrected chi connectivity index (χ3v) is 10.3. The van der Waals surface area contributed by atoms with Crippen LogP contribution in [0, 0.1) is 0 Å². The van der Waals surface area contributed by atoms with Gasteiger partial charge in [-0.25, -0.2) is 4.99 Å². The maximum absolute atomic E-state index is 11.9. The lowest BCUT2D eigenvalue weighted by Gasteiger charge is -2.32. The van der Waals surface area contributed by atoms with Gasteiger partial charge in [0.1, 0.15) is 0 Å². The molecule has 1 aliphatic carbocycles. The summed E-state index contributed by atoms with van der Waals surface area (Å²) in [7, 11) is 0. The van der Waals surface area contributed by atoms with Crippen molar-refractivity contribution in [3.8, 4) is 0 Å². The largest absolute Gasteiger partial charge is 0.310 e. The minimum absolute atomic E-state index is 0.139. The van der Waals surface area contributed by atoms with Crippen molar-refractivity contribution in [2.45, 2.75) is 0 Å². The van der Waals surface area contributed by atoms with E-state index in [0.29, 0.717) is 0 Å². The number of thioether (sulfide) groups is 1. The van der Waals surface area contributed by atoms with Crippen molar-refractivity contribution < 1.29 is 4.79 Å². The summed E-state index contributed by atoms with van der Waals surface area (Å²) in [6.07, 6.45) is 6.32. The van der Waals surface area contributed by atoms with Crippen molar-refractivity contribution in [3.63, 3.8) is 0 Å². The quantitative estimate of drug-likeness (QED) is 0.573. The van der Waals surface area contributed by atoms with Crippen LogP contribution in [-0.2, 0) is 0 Å². The summed E-state index contributed by atoms with van der Waals surface area (Å²) in [6, 6.07) is 32.2. The van der Waals surface area contributed by atoms with E-state index in [2.05, 4.69) is 108 Å². The number of nitrogens with zero attached hydrogens (tertiary/aromatic N) is 1. The van der Waals surface area contributed by atoms with E-state index in [9.17, 15) is 4.79 Å². The molecule has 29 heavy (non-hydrogen) atoms. The van der Waals surface area contributed by atoms with E-state index in [-0.39, 0.29) is 5.24 Å². The number of hydrogen-bond acceptors (Lipinski definition) is 2. The van der Waals surface area contributed by atoms with Crippen molar-refractivity contribution in [2.24, 2.45) is 4.99 Å². The average Bonchev–Trinajstić information content (AvgIpc) is 3.16. The molecule has 0 atom stereocenters. The van der Waals surface area contributed by atoms with Gasteiger partial charge in [-0.1, -0.05) is 97.1 Å². The summed E-state index contributed by atoms with van der Waals surface area (Å²) >= 11 is 1.22. The maximum atomic E-state index is 11.9. The predicted octanol–water partition coefficient (Wildman–Crippen LogP) is 4.91. The van der Waals surface area contributed by atoms with Crippen LogP contribution in [0.2, 0.25) is 0 Å². The van der Waals surface area contributed by atoms with Crippen LogP contribution < -0.4 is 15.9 Å². The summed E-state index contributed by atoms with van der Waals surface area (Å²) in [6.45, 7) is -2.12. The Balaban J connectivity index is 1.94. The first-order chi connectivity index (χ1) is 14.3. The standard InChI is InChI=1S/C25H18NOPS/c27-25-26-23-17-16-22(18-24(23)29-25)28(19-10-4-1-5-11-19,20-12-6-2-7-13-20)21-14-8-3-9-15-21/h1-18H. The number of carbonyl (C=O) groups excluding carboxylic acids is 1. The Labute approximate surface area is 174 Å². The topological polar surface area (TPSA) is 29.4 Å². The Bertz CT molecular complexity index is 1120. The third kappa shape index (κ3) is 3.07. The molecular formula is C25H18NOPS. The van der Waals surface area contributed by atoms with Crippen molar-refractivity contribution in [1.82, 2.24) is 0 Å². The smallest absolute Gasteiger partial charge is 0.259 e. The molecule has 4 heteroatoms. The second kappa shape index (κ2) is 7.51. The van der Waals surface area contributed by atoms with Gasteiger partial charge in [0, 0.05) is 4.91 Å². The van der Waals surface area contributed by atoms with Crippen molar-refractivity contribution >= 4 is 50.8 Å². The van der Waals surface area contributed by atoms with Crippen LogP contribution in [0.1, 0.15) is 0 Å². The van der Waals surface area contributed by atoms with Gasteiger partial charge in [-0.3, -0.25) is 4.79 Å². The van der Waals surface area contributed by atoms with Crippen LogP contribution in [0.3, 0.4) is 0 Å². The van der Waals surface area contributed by atoms with Gasteiger partial charge in [0.05, 0.1) is 5.71 Å². The molecule has 1 heterocycles. The first-order valence-corrected chi connectivity index (χ1v) is 12.0. The van der Waals surface area contributed by atoms with Crippen molar-refractivity contribution in [1.29, 1.82) is 0 Å². The highest BCUT2D eigenvalue weighted by Gasteiger charge is 2.31. The Hall–Kier alpha value is -2.87. The normalized spacial score (nSPS) is 15.7.